The van der Waals surface area contributed by atoms with Gasteiger partial charge in [-0.1, -0.05) is 51.1 Å². The zero-order valence-electron chi connectivity index (χ0n) is 13.8. The van der Waals surface area contributed by atoms with E-state index in [9.17, 15) is 14.7 Å². The van der Waals surface area contributed by atoms with Crippen molar-refractivity contribution in [3.8, 4) is 0 Å². The molecule has 0 radical (unpaired) electrons. The van der Waals surface area contributed by atoms with E-state index >= 15 is 0 Å². The molecule has 1 aromatic heterocycles. The maximum Gasteiger partial charge on any atom is 0.287 e. The molecule has 0 saturated heterocycles. The van der Waals surface area contributed by atoms with Crippen LogP contribution >= 0.6 is 11.3 Å². The molecule has 124 valence electrons. The number of hydrogen-bond donors (Lipinski definition) is 2. The Kier molecular flexibility index (Phi) is 4.05. The maximum absolute atomic E-state index is 12.7. The predicted molar refractivity (Wildman–Crippen MR) is 94.3 cm³/mol. The first-order valence-corrected chi connectivity index (χ1v) is 8.59. The summed E-state index contributed by atoms with van der Waals surface area (Å²) in [5, 5.41) is 14.6. The van der Waals surface area contributed by atoms with Gasteiger partial charge in [0.15, 0.2) is 5.76 Å². The minimum absolute atomic E-state index is 0.0189. The molecule has 2 aromatic rings. The summed E-state index contributed by atoms with van der Waals surface area (Å²) in [6.07, 6.45) is 0. The molecular formula is C19H19NO3S. The number of ketones is 1. The van der Waals surface area contributed by atoms with E-state index in [1.807, 2.05) is 24.3 Å². The molecule has 4 nitrogen and oxygen atoms in total. The van der Waals surface area contributed by atoms with Gasteiger partial charge in [-0.05, 0) is 28.0 Å². The number of thiophene rings is 1. The predicted octanol–water partition coefficient (Wildman–Crippen LogP) is 3.91. The fourth-order valence-electron chi connectivity index (χ4n) is 2.74. The minimum atomic E-state index is -0.624. The summed E-state index contributed by atoms with van der Waals surface area (Å²) in [6, 6.07) is 10.6. The Hall–Kier alpha value is -2.40. The van der Waals surface area contributed by atoms with Gasteiger partial charge in [0, 0.05) is 0 Å². The number of carbonyl (C=O) groups excluding carboxylic acids is 2. The number of amides is 1. The van der Waals surface area contributed by atoms with E-state index in [-0.39, 0.29) is 16.8 Å². The number of aliphatic hydroxyl groups excluding tert-OH is 1. The SMILES string of the molecule is CC(C)(C)c1ccc(C2NC(=O)C(O)=C2C(=O)c2cccs2)cc1. The molecule has 0 aliphatic carbocycles. The molecular weight excluding hydrogens is 322 g/mol. The maximum atomic E-state index is 12.7. The Bertz CT molecular complexity index is 811. The number of Topliss-reactive ketones (excluding diaryl/α,β-unsaturated/α-hetero) is 1. The summed E-state index contributed by atoms with van der Waals surface area (Å²) < 4.78 is 0. The molecule has 2 N–H and O–H groups in total. The average Bonchev–Trinajstić information content (AvgIpc) is 3.16. The van der Waals surface area contributed by atoms with Gasteiger partial charge in [0.25, 0.3) is 5.91 Å². The molecule has 0 saturated carbocycles. The monoisotopic (exact) mass is 341 g/mol. The Morgan fingerprint density at radius 3 is 2.38 bits per heavy atom. The minimum Gasteiger partial charge on any atom is -0.503 e. The summed E-state index contributed by atoms with van der Waals surface area (Å²) in [5.74, 6) is -1.41. The van der Waals surface area contributed by atoms with Gasteiger partial charge in [-0.2, -0.15) is 0 Å². The first-order chi connectivity index (χ1) is 11.3. The fourth-order valence-corrected chi connectivity index (χ4v) is 3.41. The highest BCUT2D eigenvalue weighted by Crippen LogP contribution is 2.33. The lowest BCUT2D eigenvalue weighted by atomic mass is 9.85. The molecule has 5 heteroatoms. The highest BCUT2D eigenvalue weighted by atomic mass is 32.1. The molecule has 1 atom stereocenters. The van der Waals surface area contributed by atoms with Gasteiger partial charge in [-0.25, -0.2) is 0 Å². The molecule has 3 rings (SSSR count). The number of nitrogens with one attached hydrogen (secondary N) is 1. The molecule has 1 unspecified atom stereocenters. The lowest BCUT2D eigenvalue weighted by Crippen LogP contribution is -2.23. The van der Waals surface area contributed by atoms with Crippen LogP contribution in [0.15, 0.2) is 53.1 Å². The van der Waals surface area contributed by atoms with E-state index in [0.29, 0.717) is 4.88 Å². The Labute approximate surface area is 144 Å². The number of carbonyl (C=O) groups is 2. The van der Waals surface area contributed by atoms with Crippen LogP contribution < -0.4 is 5.32 Å². The third-order valence-corrected chi connectivity index (χ3v) is 5.00. The summed E-state index contributed by atoms with van der Waals surface area (Å²) >= 11 is 1.29. The van der Waals surface area contributed by atoms with Crippen LogP contribution in [0.1, 0.15) is 47.6 Å². The van der Waals surface area contributed by atoms with Crippen LogP contribution in [0, 0.1) is 0 Å². The first-order valence-electron chi connectivity index (χ1n) is 7.71. The van der Waals surface area contributed by atoms with E-state index in [1.54, 1.807) is 17.5 Å². The summed E-state index contributed by atoms with van der Waals surface area (Å²) in [5.41, 5.74) is 2.08. The van der Waals surface area contributed by atoms with Crippen molar-refractivity contribution < 1.29 is 14.7 Å². The van der Waals surface area contributed by atoms with E-state index in [1.165, 1.54) is 11.3 Å². The lowest BCUT2D eigenvalue weighted by Gasteiger charge is -2.20. The summed E-state index contributed by atoms with van der Waals surface area (Å²) in [4.78, 5) is 25.1. The fraction of sp³-hybridized carbons (Fsp3) is 0.263. The highest BCUT2D eigenvalue weighted by Gasteiger charge is 2.37. The quantitative estimate of drug-likeness (QED) is 0.832. The number of hydrogen-bond acceptors (Lipinski definition) is 4. The number of aliphatic hydroxyl groups is 1. The zero-order chi connectivity index (χ0) is 17.5. The second-order valence-corrected chi connectivity index (χ2v) is 7.79. The van der Waals surface area contributed by atoms with Crippen LogP contribution in [-0.4, -0.2) is 16.8 Å². The second-order valence-electron chi connectivity index (χ2n) is 6.85. The molecule has 24 heavy (non-hydrogen) atoms. The van der Waals surface area contributed by atoms with Crippen molar-refractivity contribution in [1.82, 2.24) is 5.32 Å². The van der Waals surface area contributed by atoms with Crippen LogP contribution in [0.2, 0.25) is 0 Å². The standard InChI is InChI=1S/C19H19NO3S/c1-19(2,3)12-8-6-11(7-9-12)15-14(17(22)18(23)20-15)16(21)13-5-4-10-24-13/h4-10,15,22H,1-3H3,(H,20,23). The van der Waals surface area contributed by atoms with E-state index in [0.717, 1.165) is 11.1 Å². The molecule has 0 bridgehead atoms. The van der Waals surface area contributed by atoms with Gasteiger partial charge in [0.2, 0.25) is 5.78 Å². The summed E-state index contributed by atoms with van der Waals surface area (Å²) in [7, 11) is 0. The Morgan fingerprint density at radius 2 is 1.83 bits per heavy atom. The Balaban J connectivity index is 1.98. The molecule has 0 fully saturated rings. The van der Waals surface area contributed by atoms with Crippen molar-refractivity contribution >= 4 is 23.0 Å². The molecule has 1 amide bonds. The number of rotatable bonds is 3. The first kappa shape index (κ1) is 16.5. The van der Waals surface area contributed by atoms with Crippen molar-refractivity contribution in [1.29, 1.82) is 0 Å². The average molecular weight is 341 g/mol. The van der Waals surface area contributed by atoms with E-state index in [2.05, 4.69) is 26.1 Å². The molecule has 0 spiro atoms. The van der Waals surface area contributed by atoms with Crippen LogP contribution in [0.4, 0.5) is 0 Å². The smallest absolute Gasteiger partial charge is 0.287 e. The number of benzene rings is 1. The van der Waals surface area contributed by atoms with Gasteiger partial charge in [-0.15, -0.1) is 11.3 Å². The van der Waals surface area contributed by atoms with Crippen molar-refractivity contribution in [3.05, 3.63) is 69.1 Å². The normalized spacial score (nSPS) is 18.0. The van der Waals surface area contributed by atoms with Gasteiger partial charge in [0.05, 0.1) is 16.5 Å². The molecule has 1 aromatic carbocycles. The largest absolute Gasteiger partial charge is 0.503 e. The van der Waals surface area contributed by atoms with Crippen molar-refractivity contribution in [2.75, 3.05) is 0 Å². The molecule has 2 heterocycles. The van der Waals surface area contributed by atoms with Gasteiger partial charge in [0.1, 0.15) is 0 Å². The van der Waals surface area contributed by atoms with Crippen LogP contribution in [0.3, 0.4) is 0 Å². The van der Waals surface area contributed by atoms with E-state index < -0.39 is 17.7 Å². The van der Waals surface area contributed by atoms with Crippen LogP contribution in [-0.2, 0) is 10.2 Å². The van der Waals surface area contributed by atoms with Gasteiger partial charge >= 0.3 is 0 Å². The third kappa shape index (κ3) is 2.87. The van der Waals surface area contributed by atoms with Gasteiger partial charge in [-0.3, -0.25) is 9.59 Å². The highest BCUT2D eigenvalue weighted by molar-refractivity contribution is 7.12. The Morgan fingerprint density at radius 1 is 1.17 bits per heavy atom. The zero-order valence-corrected chi connectivity index (χ0v) is 14.6. The van der Waals surface area contributed by atoms with Crippen molar-refractivity contribution in [2.24, 2.45) is 0 Å². The van der Waals surface area contributed by atoms with Gasteiger partial charge < -0.3 is 10.4 Å². The molecule has 1 aliphatic rings. The van der Waals surface area contributed by atoms with Crippen LogP contribution in [0.5, 0.6) is 0 Å². The van der Waals surface area contributed by atoms with E-state index in [4.69, 9.17) is 0 Å². The van der Waals surface area contributed by atoms with Crippen molar-refractivity contribution in [3.63, 3.8) is 0 Å². The third-order valence-electron chi connectivity index (χ3n) is 4.13. The van der Waals surface area contributed by atoms with Crippen molar-refractivity contribution in [2.45, 2.75) is 32.2 Å². The van der Waals surface area contributed by atoms with Crippen LogP contribution in [0.25, 0.3) is 0 Å². The summed E-state index contributed by atoms with van der Waals surface area (Å²) in [6.45, 7) is 6.37. The topological polar surface area (TPSA) is 66.4 Å². The lowest BCUT2D eigenvalue weighted by molar-refractivity contribution is -0.119. The molecule has 1 aliphatic heterocycles. The second kappa shape index (κ2) is 5.91.